The summed E-state index contributed by atoms with van der Waals surface area (Å²) in [6, 6.07) is 11.0. The summed E-state index contributed by atoms with van der Waals surface area (Å²) in [7, 11) is 0. The van der Waals surface area contributed by atoms with Crippen LogP contribution in [0, 0.1) is 5.82 Å². The molecule has 4 nitrogen and oxygen atoms in total. The number of fused-ring (bicyclic) bond motifs is 1. The van der Waals surface area contributed by atoms with Crippen LogP contribution in [0.25, 0.3) is 0 Å². The van der Waals surface area contributed by atoms with E-state index in [0.717, 1.165) is 5.56 Å². The average molecular weight is 273 g/mol. The predicted octanol–water partition coefficient (Wildman–Crippen LogP) is 2.48. The van der Waals surface area contributed by atoms with Gasteiger partial charge in [0, 0.05) is 12.1 Å². The molecule has 0 atom stereocenters. The van der Waals surface area contributed by atoms with E-state index in [1.807, 2.05) is 0 Å². The number of amides is 1. The van der Waals surface area contributed by atoms with E-state index in [9.17, 15) is 9.18 Å². The first-order valence-electron chi connectivity index (χ1n) is 6.15. The Morgan fingerprint density at radius 1 is 1.10 bits per heavy atom. The van der Waals surface area contributed by atoms with Crippen LogP contribution >= 0.6 is 0 Å². The van der Waals surface area contributed by atoms with Gasteiger partial charge in [0.25, 0.3) is 5.91 Å². The third-order valence-corrected chi connectivity index (χ3v) is 3.00. The molecule has 0 aliphatic carbocycles. The number of ether oxygens (including phenoxy) is 2. The summed E-state index contributed by atoms with van der Waals surface area (Å²) in [4.78, 5) is 12.0. The van der Waals surface area contributed by atoms with Crippen LogP contribution in [0.1, 0.15) is 15.9 Å². The standard InChI is InChI=1S/C15H12FNO3/c16-12-4-1-10(2-5-12)8-17-15(18)11-3-6-13-14(7-11)20-9-19-13/h1-7H,8-9H2,(H,17,18). The molecule has 0 radical (unpaired) electrons. The van der Waals surface area contributed by atoms with Crippen LogP contribution in [-0.2, 0) is 6.54 Å². The number of rotatable bonds is 3. The third-order valence-electron chi connectivity index (χ3n) is 3.00. The van der Waals surface area contributed by atoms with Crippen molar-refractivity contribution in [1.29, 1.82) is 0 Å². The van der Waals surface area contributed by atoms with Crippen LogP contribution < -0.4 is 14.8 Å². The second kappa shape index (κ2) is 5.21. The van der Waals surface area contributed by atoms with Gasteiger partial charge in [0.15, 0.2) is 11.5 Å². The number of hydrogen-bond acceptors (Lipinski definition) is 3. The minimum absolute atomic E-state index is 0.177. The lowest BCUT2D eigenvalue weighted by Crippen LogP contribution is -2.22. The van der Waals surface area contributed by atoms with E-state index in [4.69, 9.17) is 9.47 Å². The number of hydrogen-bond donors (Lipinski definition) is 1. The largest absolute Gasteiger partial charge is 0.454 e. The molecule has 0 fully saturated rings. The molecule has 3 rings (SSSR count). The smallest absolute Gasteiger partial charge is 0.251 e. The Labute approximate surface area is 115 Å². The maximum absolute atomic E-state index is 12.8. The molecule has 0 spiro atoms. The van der Waals surface area contributed by atoms with Crippen LogP contribution in [0.2, 0.25) is 0 Å². The van der Waals surface area contributed by atoms with Crippen molar-refractivity contribution in [1.82, 2.24) is 5.32 Å². The number of halogens is 1. The molecule has 102 valence electrons. The maximum Gasteiger partial charge on any atom is 0.251 e. The zero-order chi connectivity index (χ0) is 13.9. The number of nitrogens with one attached hydrogen (secondary N) is 1. The second-order valence-corrected chi connectivity index (χ2v) is 4.38. The summed E-state index contributed by atoms with van der Waals surface area (Å²) in [5.74, 6) is 0.697. The van der Waals surface area contributed by atoms with E-state index in [2.05, 4.69) is 5.32 Å². The van der Waals surface area contributed by atoms with Crippen molar-refractivity contribution in [2.24, 2.45) is 0 Å². The van der Waals surface area contributed by atoms with Crippen molar-refractivity contribution in [2.75, 3.05) is 6.79 Å². The fourth-order valence-corrected chi connectivity index (χ4v) is 1.92. The lowest BCUT2D eigenvalue weighted by atomic mass is 10.1. The molecular formula is C15H12FNO3. The minimum Gasteiger partial charge on any atom is -0.454 e. The summed E-state index contributed by atoms with van der Waals surface area (Å²) in [6.45, 7) is 0.517. The summed E-state index contributed by atoms with van der Waals surface area (Å²) in [5.41, 5.74) is 1.33. The first kappa shape index (κ1) is 12.5. The molecule has 2 aromatic rings. The molecule has 0 bridgehead atoms. The highest BCUT2D eigenvalue weighted by molar-refractivity contribution is 5.94. The van der Waals surface area contributed by atoms with Crippen LogP contribution in [0.4, 0.5) is 4.39 Å². The Bertz CT molecular complexity index is 640. The quantitative estimate of drug-likeness (QED) is 0.934. The van der Waals surface area contributed by atoms with Gasteiger partial charge >= 0.3 is 0 Å². The van der Waals surface area contributed by atoms with Gasteiger partial charge in [0.2, 0.25) is 6.79 Å². The molecule has 0 saturated heterocycles. The zero-order valence-corrected chi connectivity index (χ0v) is 10.6. The maximum atomic E-state index is 12.8. The Morgan fingerprint density at radius 2 is 1.85 bits per heavy atom. The monoisotopic (exact) mass is 273 g/mol. The van der Waals surface area contributed by atoms with E-state index < -0.39 is 0 Å². The molecule has 1 amide bonds. The van der Waals surface area contributed by atoms with Gasteiger partial charge in [-0.05, 0) is 35.9 Å². The highest BCUT2D eigenvalue weighted by Gasteiger charge is 2.15. The Morgan fingerprint density at radius 3 is 2.65 bits per heavy atom. The SMILES string of the molecule is O=C(NCc1ccc(F)cc1)c1ccc2c(c1)OCO2. The van der Waals surface area contributed by atoms with Gasteiger partial charge in [-0.3, -0.25) is 4.79 Å². The van der Waals surface area contributed by atoms with Crippen molar-refractivity contribution < 1.29 is 18.7 Å². The van der Waals surface area contributed by atoms with Gasteiger partial charge < -0.3 is 14.8 Å². The van der Waals surface area contributed by atoms with E-state index in [1.54, 1.807) is 30.3 Å². The van der Waals surface area contributed by atoms with Crippen molar-refractivity contribution in [3.63, 3.8) is 0 Å². The predicted molar refractivity (Wildman–Crippen MR) is 70.1 cm³/mol. The fourth-order valence-electron chi connectivity index (χ4n) is 1.92. The molecular weight excluding hydrogens is 261 g/mol. The Hall–Kier alpha value is -2.56. The van der Waals surface area contributed by atoms with Crippen molar-refractivity contribution >= 4 is 5.91 Å². The molecule has 1 N–H and O–H groups in total. The van der Waals surface area contributed by atoms with Crippen LogP contribution in [-0.4, -0.2) is 12.7 Å². The molecule has 1 aliphatic heterocycles. The fraction of sp³-hybridized carbons (Fsp3) is 0.133. The Balaban J connectivity index is 1.66. The highest BCUT2D eigenvalue weighted by Crippen LogP contribution is 2.32. The van der Waals surface area contributed by atoms with Gasteiger partial charge in [-0.25, -0.2) is 4.39 Å². The van der Waals surface area contributed by atoms with Crippen molar-refractivity contribution in [3.8, 4) is 11.5 Å². The molecule has 20 heavy (non-hydrogen) atoms. The number of carbonyl (C=O) groups excluding carboxylic acids is 1. The van der Waals surface area contributed by atoms with Crippen molar-refractivity contribution in [2.45, 2.75) is 6.54 Å². The van der Waals surface area contributed by atoms with E-state index in [-0.39, 0.29) is 18.5 Å². The van der Waals surface area contributed by atoms with Crippen LogP contribution in [0.15, 0.2) is 42.5 Å². The molecule has 5 heteroatoms. The summed E-state index contributed by atoms with van der Waals surface area (Å²) >= 11 is 0. The summed E-state index contributed by atoms with van der Waals surface area (Å²) in [5, 5.41) is 2.77. The molecule has 2 aromatic carbocycles. The number of carbonyl (C=O) groups is 1. The third kappa shape index (κ3) is 2.56. The topological polar surface area (TPSA) is 47.6 Å². The average Bonchev–Trinajstić information content (AvgIpc) is 2.93. The van der Waals surface area contributed by atoms with Crippen LogP contribution in [0.5, 0.6) is 11.5 Å². The minimum atomic E-state index is -0.296. The van der Waals surface area contributed by atoms with Gasteiger partial charge in [0.1, 0.15) is 5.82 Å². The van der Waals surface area contributed by atoms with Gasteiger partial charge in [-0.2, -0.15) is 0 Å². The first-order valence-corrected chi connectivity index (χ1v) is 6.15. The van der Waals surface area contributed by atoms with Gasteiger partial charge in [0.05, 0.1) is 0 Å². The van der Waals surface area contributed by atoms with E-state index >= 15 is 0 Å². The molecule has 0 saturated carbocycles. The normalized spacial score (nSPS) is 12.2. The van der Waals surface area contributed by atoms with Gasteiger partial charge in [-0.15, -0.1) is 0 Å². The van der Waals surface area contributed by atoms with Crippen molar-refractivity contribution in [3.05, 3.63) is 59.4 Å². The zero-order valence-electron chi connectivity index (χ0n) is 10.6. The molecule has 0 aromatic heterocycles. The summed E-state index contributed by atoms with van der Waals surface area (Å²) < 4.78 is 23.2. The van der Waals surface area contributed by atoms with E-state index in [1.165, 1.54) is 12.1 Å². The summed E-state index contributed by atoms with van der Waals surface area (Å²) in [6.07, 6.45) is 0. The highest BCUT2D eigenvalue weighted by atomic mass is 19.1. The lowest BCUT2D eigenvalue weighted by Gasteiger charge is -2.06. The van der Waals surface area contributed by atoms with Gasteiger partial charge in [-0.1, -0.05) is 12.1 Å². The first-order chi connectivity index (χ1) is 9.72. The second-order valence-electron chi connectivity index (χ2n) is 4.38. The van der Waals surface area contributed by atoms with E-state index in [0.29, 0.717) is 23.6 Å². The van der Waals surface area contributed by atoms with Crippen LogP contribution in [0.3, 0.4) is 0 Å². The molecule has 1 aliphatic rings. The molecule has 1 heterocycles. The lowest BCUT2D eigenvalue weighted by molar-refractivity contribution is 0.0950. The number of benzene rings is 2. The Kier molecular flexibility index (Phi) is 3.25. The molecule has 0 unspecified atom stereocenters.